The zero-order chi connectivity index (χ0) is 28.6. The summed E-state index contributed by atoms with van der Waals surface area (Å²) in [5.41, 5.74) is 4.01. The molecule has 1 unspecified atom stereocenters. The fourth-order valence-corrected chi connectivity index (χ4v) is 5.51. The molecule has 0 fully saturated rings. The van der Waals surface area contributed by atoms with Crippen LogP contribution in [-0.4, -0.2) is 45.3 Å². The normalized spacial score (nSPS) is 14.4. The van der Waals surface area contributed by atoms with Gasteiger partial charge < -0.3 is 28.3 Å². The zero-order valence-electron chi connectivity index (χ0n) is 23.6. The molecule has 0 N–H and O–H groups in total. The Bertz CT molecular complexity index is 1660. The first kappa shape index (κ1) is 27.1. The van der Waals surface area contributed by atoms with Crippen molar-refractivity contribution in [2.75, 3.05) is 34.5 Å². The Morgan fingerprint density at radius 3 is 2.25 bits per heavy atom. The Labute approximate surface area is 233 Å². The molecule has 5 rings (SSSR count). The van der Waals surface area contributed by atoms with Crippen LogP contribution in [0.3, 0.4) is 0 Å². The highest BCUT2D eigenvalue weighted by Gasteiger charge is 2.43. The molecule has 8 nitrogen and oxygen atoms in total. The van der Waals surface area contributed by atoms with Gasteiger partial charge in [-0.25, -0.2) is 0 Å². The SMILES string of the molecule is CCOc1ccc(C2c3c(oc4cc(C)cc(C)c4c3=O)C(=O)N2CCc2ccc(OC)c(OC)c2)cc1OC. The van der Waals surface area contributed by atoms with Gasteiger partial charge >= 0.3 is 0 Å². The van der Waals surface area contributed by atoms with E-state index < -0.39 is 6.04 Å². The molecule has 208 valence electrons. The molecule has 0 aliphatic carbocycles. The molecule has 1 aliphatic rings. The Kier molecular flexibility index (Phi) is 7.43. The monoisotopic (exact) mass is 543 g/mol. The Morgan fingerprint density at radius 2 is 1.55 bits per heavy atom. The minimum Gasteiger partial charge on any atom is -0.493 e. The van der Waals surface area contributed by atoms with Crippen LogP contribution in [-0.2, 0) is 6.42 Å². The Morgan fingerprint density at radius 1 is 0.850 bits per heavy atom. The first-order chi connectivity index (χ1) is 19.3. The van der Waals surface area contributed by atoms with Crippen molar-refractivity contribution in [3.63, 3.8) is 0 Å². The van der Waals surface area contributed by atoms with Crippen LogP contribution in [0.2, 0.25) is 0 Å². The summed E-state index contributed by atoms with van der Waals surface area (Å²) in [6.07, 6.45) is 0.524. The highest BCUT2D eigenvalue weighted by Crippen LogP contribution is 2.41. The molecule has 4 aromatic rings. The molecule has 0 spiro atoms. The van der Waals surface area contributed by atoms with Gasteiger partial charge in [0.15, 0.2) is 28.4 Å². The number of carbonyl (C=O) groups is 1. The average molecular weight is 544 g/mol. The molecule has 40 heavy (non-hydrogen) atoms. The van der Waals surface area contributed by atoms with Crippen molar-refractivity contribution in [2.45, 2.75) is 33.2 Å². The van der Waals surface area contributed by atoms with Crippen molar-refractivity contribution >= 4 is 16.9 Å². The van der Waals surface area contributed by atoms with Crippen LogP contribution < -0.4 is 24.4 Å². The standard InChI is InChI=1S/C32H33NO7/c1-7-39-23-11-9-21(17-25(23)38-6)29-28-30(34)27-19(3)14-18(2)15-26(27)40-31(28)32(35)33(29)13-12-20-8-10-22(36-4)24(16-20)37-5/h8-11,14-17,29H,7,12-13H2,1-6H3. The minimum atomic E-state index is -0.659. The first-order valence-corrected chi connectivity index (χ1v) is 13.2. The maximum atomic E-state index is 14.1. The molecule has 1 aliphatic heterocycles. The smallest absolute Gasteiger partial charge is 0.290 e. The van der Waals surface area contributed by atoms with Crippen LogP contribution in [0.5, 0.6) is 23.0 Å². The Hall–Kier alpha value is -4.46. The molecule has 0 radical (unpaired) electrons. The lowest BCUT2D eigenvalue weighted by Gasteiger charge is -2.26. The van der Waals surface area contributed by atoms with Gasteiger partial charge in [0.25, 0.3) is 5.91 Å². The van der Waals surface area contributed by atoms with Crippen molar-refractivity contribution < 1.29 is 28.2 Å². The molecular formula is C32H33NO7. The zero-order valence-corrected chi connectivity index (χ0v) is 23.6. The summed E-state index contributed by atoms with van der Waals surface area (Å²) in [6.45, 7) is 6.54. The van der Waals surface area contributed by atoms with Gasteiger partial charge in [0.05, 0.1) is 44.9 Å². The maximum absolute atomic E-state index is 14.1. The first-order valence-electron chi connectivity index (χ1n) is 13.2. The van der Waals surface area contributed by atoms with Crippen molar-refractivity contribution in [2.24, 2.45) is 0 Å². The van der Waals surface area contributed by atoms with E-state index in [0.29, 0.717) is 59.1 Å². The Balaban J connectivity index is 1.64. The number of aryl methyl sites for hydroxylation is 2. The molecule has 1 aromatic heterocycles. The van der Waals surface area contributed by atoms with E-state index in [4.69, 9.17) is 23.4 Å². The lowest BCUT2D eigenvalue weighted by atomic mass is 9.96. The van der Waals surface area contributed by atoms with E-state index in [2.05, 4.69) is 0 Å². The van der Waals surface area contributed by atoms with Crippen LogP contribution in [0, 0.1) is 13.8 Å². The van der Waals surface area contributed by atoms with Crippen LogP contribution >= 0.6 is 0 Å². The highest BCUT2D eigenvalue weighted by molar-refractivity contribution is 5.99. The van der Waals surface area contributed by atoms with E-state index >= 15 is 0 Å². The molecule has 1 amide bonds. The summed E-state index contributed by atoms with van der Waals surface area (Å²) < 4.78 is 28.3. The topological polar surface area (TPSA) is 87.4 Å². The third-order valence-corrected chi connectivity index (χ3v) is 7.30. The van der Waals surface area contributed by atoms with Crippen LogP contribution in [0.4, 0.5) is 0 Å². The van der Waals surface area contributed by atoms with E-state index in [9.17, 15) is 9.59 Å². The summed E-state index contributed by atoms with van der Waals surface area (Å²) in [6, 6.07) is 14.3. The van der Waals surface area contributed by atoms with Crippen LogP contribution in [0.25, 0.3) is 11.0 Å². The number of methoxy groups -OCH3 is 3. The second-order valence-electron chi connectivity index (χ2n) is 9.81. The summed E-state index contributed by atoms with van der Waals surface area (Å²) in [4.78, 5) is 29.7. The number of hydrogen-bond acceptors (Lipinski definition) is 7. The van der Waals surface area contributed by atoms with Crippen molar-refractivity contribution in [1.82, 2.24) is 4.90 Å². The molecule has 2 heterocycles. The van der Waals surface area contributed by atoms with E-state index in [1.807, 2.05) is 63.2 Å². The fraction of sp³-hybridized carbons (Fsp3) is 0.312. The van der Waals surface area contributed by atoms with Gasteiger partial charge in [-0.2, -0.15) is 0 Å². The van der Waals surface area contributed by atoms with Crippen LogP contribution in [0.1, 0.15) is 51.3 Å². The number of fused-ring (bicyclic) bond motifs is 2. The molecule has 1 atom stereocenters. The number of amides is 1. The van der Waals surface area contributed by atoms with Gasteiger partial charge in [-0.3, -0.25) is 9.59 Å². The predicted octanol–water partition coefficient (Wildman–Crippen LogP) is 5.62. The predicted molar refractivity (Wildman–Crippen MR) is 152 cm³/mol. The van der Waals surface area contributed by atoms with Gasteiger partial charge in [0.1, 0.15) is 5.58 Å². The number of ether oxygens (including phenoxy) is 4. The summed E-state index contributed by atoms with van der Waals surface area (Å²) >= 11 is 0. The highest BCUT2D eigenvalue weighted by atomic mass is 16.5. The summed E-state index contributed by atoms with van der Waals surface area (Å²) in [5.74, 6) is 2.10. The maximum Gasteiger partial charge on any atom is 0.290 e. The van der Waals surface area contributed by atoms with Crippen molar-refractivity contribution in [1.29, 1.82) is 0 Å². The summed E-state index contributed by atoms with van der Waals surface area (Å²) in [7, 11) is 4.74. The van der Waals surface area contributed by atoms with E-state index in [-0.39, 0.29) is 17.1 Å². The lowest BCUT2D eigenvalue weighted by molar-refractivity contribution is 0.0730. The second kappa shape index (κ2) is 11.0. The van der Waals surface area contributed by atoms with Crippen molar-refractivity contribution in [3.8, 4) is 23.0 Å². The number of nitrogens with zero attached hydrogens (tertiary/aromatic N) is 1. The largest absolute Gasteiger partial charge is 0.493 e. The third-order valence-electron chi connectivity index (χ3n) is 7.30. The number of rotatable bonds is 9. The molecule has 0 saturated carbocycles. The van der Waals surface area contributed by atoms with Gasteiger partial charge in [0, 0.05) is 6.54 Å². The molecule has 0 saturated heterocycles. The molecule has 3 aromatic carbocycles. The molecular weight excluding hydrogens is 510 g/mol. The number of carbonyl (C=O) groups excluding carboxylic acids is 1. The van der Waals surface area contributed by atoms with E-state index in [0.717, 1.165) is 22.3 Å². The number of hydrogen-bond donors (Lipinski definition) is 0. The van der Waals surface area contributed by atoms with Crippen LogP contribution in [0.15, 0.2) is 57.7 Å². The molecule has 8 heteroatoms. The van der Waals surface area contributed by atoms with Gasteiger partial charge in [-0.05, 0) is 79.8 Å². The second-order valence-corrected chi connectivity index (χ2v) is 9.81. The van der Waals surface area contributed by atoms with Gasteiger partial charge in [-0.15, -0.1) is 0 Å². The van der Waals surface area contributed by atoms with Gasteiger partial charge in [0.2, 0.25) is 5.76 Å². The minimum absolute atomic E-state index is 0.0765. The summed E-state index contributed by atoms with van der Waals surface area (Å²) in [5, 5.41) is 0.488. The number of benzene rings is 3. The van der Waals surface area contributed by atoms with E-state index in [1.165, 1.54) is 0 Å². The lowest BCUT2D eigenvalue weighted by Crippen LogP contribution is -2.31. The quantitative estimate of drug-likeness (QED) is 0.271. The van der Waals surface area contributed by atoms with Gasteiger partial charge in [-0.1, -0.05) is 18.2 Å². The average Bonchev–Trinajstić information content (AvgIpc) is 3.23. The molecule has 0 bridgehead atoms. The van der Waals surface area contributed by atoms with E-state index in [1.54, 1.807) is 32.3 Å². The van der Waals surface area contributed by atoms with Crippen molar-refractivity contribution in [3.05, 3.63) is 92.3 Å². The fourth-order valence-electron chi connectivity index (χ4n) is 5.51. The third kappa shape index (κ3) is 4.63.